The average molecular weight is 385 g/mol. The highest BCUT2D eigenvalue weighted by Crippen LogP contribution is 2.29. The van der Waals surface area contributed by atoms with Crippen molar-refractivity contribution in [2.45, 2.75) is 12.8 Å². The number of amides is 1. The molecule has 1 amide bonds. The van der Waals surface area contributed by atoms with Crippen molar-refractivity contribution in [3.05, 3.63) is 60.8 Å². The van der Waals surface area contributed by atoms with Gasteiger partial charge in [0.05, 0.1) is 35.5 Å². The van der Waals surface area contributed by atoms with Crippen molar-refractivity contribution in [1.29, 1.82) is 0 Å². The van der Waals surface area contributed by atoms with Gasteiger partial charge in [-0.3, -0.25) is 14.9 Å². The van der Waals surface area contributed by atoms with Crippen molar-refractivity contribution >= 4 is 28.2 Å². The molecule has 0 bridgehead atoms. The molecule has 0 unspecified atom stereocenters. The van der Waals surface area contributed by atoms with Gasteiger partial charge in [-0.25, -0.2) is 0 Å². The molecule has 1 aliphatic heterocycles. The van der Waals surface area contributed by atoms with E-state index >= 15 is 0 Å². The van der Waals surface area contributed by atoms with Crippen LogP contribution >= 0.6 is 0 Å². The Morgan fingerprint density at radius 3 is 2.72 bits per heavy atom. The summed E-state index contributed by atoms with van der Waals surface area (Å²) < 4.78 is 0. The predicted octanol–water partition coefficient (Wildman–Crippen LogP) is 3.27. The van der Waals surface area contributed by atoms with E-state index in [9.17, 15) is 4.79 Å². The number of pyridine rings is 1. The van der Waals surface area contributed by atoms with E-state index in [1.165, 1.54) is 25.2 Å². The zero-order chi connectivity index (χ0) is 19.6. The van der Waals surface area contributed by atoms with E-state index in [2.05, 4.69) is 41.7 Å². The molecule has 4 heterocycles. The van der Waals surface area contributed by atoms with Crippen LogP contribution in [0.4, 0.5) is 11.4 Å². The summed E-state index contributed by atoms with van der Waals surface area (Å²) in [5, 5.41) is 18.2. The molecule has 4 aromatic rings. The molecule has 0 atom stereocenters. The Bertz CT molecular complexity index is 1170. The number of aromatic amines is 1. The zero-order valence-corrected chi connectivity index (χ0v) is 15.7. The van der Waals surface area contributed by atoms with Gasteiger partial charge in [-0.15, -0.1) is 0 Å². The molecule has 0 saturated carbocycles. The first kappa shape index (κ1) is 17.3. The van der Waals surface area contributed by atoms with Gasteiger partial charge in [-0.05, 0) is 42.7 Å². The first-order valence-corrected chi connectivity index (χ1v) is 9.54. The van der Waals surface area contributed by atoms with Gasteiger partial charge in [-0.2, -0.15) is 15.3 Å². The summed E-state index contributed by atoms with van der Waals surface area (Å²) in [7, 11) is 0. The Morgan fingerprint density at radius 2 is 1.90 bits per heavy atom. The van der Waals surface area contributed by atoms with Gasteiger partial charge in [0.25, 0.3) is 5.91 Å². The molecular weight excluding hydrogens is 366 g/mol. The van der Waals surface area contributed by atoms with Crippen LogP contribution in [-0.4, -0.2) is 44.4 Å². The van der Waals surface area contributed by atoms with Gasteiger partial charge in [0.1, 0.15) is 0 Å². The smallest absolute Gasteiger partial charge is 0.276 e. The molecule has 2 N–H and O–H groups in total. The quantitative estimate of drug-likeness (QED) is 0.559. The number of fused-ring (bicyclic) bond motifs is 1. The Hall–Kier alpha value is -3.81. The standard InChI is InChI=1S/C21H19N7O/c29-21(25-16-5-6-23-24-12-16)20-18-10-14(3-4-19(18)26-27-20)15-9-17(13-22-11-15)28-7-1-2-8-28/h3-6,9-13H,1-2,7-8H2,(H,26,27)(H,23,25,29). The Morgan fingerprint density at radius 1 is 1.00 bits per heavy atom. The third-order valence-corrected chi connectivity index (χ3v) is 5.15. The van der Waals surface area contributed by atoms with Crippen LogP contribution in [0.2, 0.25) is 0 Å². The highest BCUT2D eigenvalue weighted by atomic mass is 16.1. The van der Waals surface area contributed by atoms with Crippen molar-refractivity contribution in [3.63, 3.8) is 0 Å². The molecule has 3 aromatic heterocycles. The van der Waals surface area contributed by atoms with Crippen molar-refractivity contribution in [2.24, 2.45) is 0 Å². The molecule has 0 radical (unpaired) electrons. The SMILES string of the molecule is O=C(Nc1ccnnc1)c1n[nH]c2ccc(-c3cncc(N4CCCC4)c3)cc12. The minimum atomic E-state index is -0.301. The molecular formula is C21H19N7O. The number of hydrogen-bond acceptors (Lipinski definition) is 6. The van der Waals surface area contributed by atoms with Crippen LogP contribution in [-0.2, 0) is 0 Å². The Balaban J connectivity index is 1.48. The second kappa shape index (κ2) is 7.31. The van der Waals surface area contributed by atoms with Crippen molar-refractivity contribution in [3.8, 4) is 11.1 Å². The summed E-state index contributed by atoms with van der Waals surface area (Å²) in [5.41, 5.74) is 4.85. The second-order valence-electron chi connectivity index (χ2n) is 7.04. The fourth-order valence-electron chi connectivity index (χ4n) is 3.66. The van der Waals surface area contributed by atoms with Gasteiger partial charge in [-0.1, -0.05) is 6.07 Å². The van der Waals surface area contributed by atoms with Crippen molar-refractivity contribution < 1.29 is 4.79 Å². The third-order valence-electron chi connectivity index (χ3n) is 5.15. The molecule has 1 aromatic carbocycles. The number of carbonyl (C=O) groups is 1. The number of anilines is 2. The molecule has 144 valence electrons. The summed E-state index contributed by atoms with van der Waals surface area (Å²) in [5.74, 6) is -0.301. The number of nitrogens with one attached hydrogen (secondary N) is 2. The van der Waals surface area contributed by atoms with Gasteiger partial charge in [0, 0.05) is 30.2 Å². The highest BCUT2D eigenvalue weighted by molar-refractivity contribution is 6.11. The molecule has 8 heteroatoms. The molecule has 0 aliphatic carbocycles. The van der Waals surface area contributed by atoms with Crippen LogP contribution in [0.3, 0.4) is 0 Å². The maximum Gasteiger partial charge on any atom is 0.276 e. The van der Waals surface area contributed by atoms with Crippen LogP contribution in [0, 0.1) is 0 Å². The number of nitrogens with zero attached hydrogens (tertiary/aromatic N) is 5. The largest absolute Gasteiger partial charge is 0.370 e. The van der Waals surface area contributed by atoms with Crippen LogP contribution in [0.1, 0.15) is 23.3 Å². The number of aromatic nitrogens is 5. The minimum absolute atomic E-state index is 0.301. The number of hydrogen-bond donors (Lipinski definition) is 2. The normalized spacial score (nSPS) is 13.7. The summed E-state index contributed by atoms with van der Waals surface area (Å²) in [6.07, 6.45) is 9.22. The summed E-state index contributed by atoms with van der Waals surface area (Å²) >= 11 is 0. The van der Waals surface area contributed by atoms with E-state index in [0.717, 1.165) is 40.8 Å². The Kier molecular flexibility index (Phi) is 4.36. The lowest BCUT2D eigenvalue weighted by atomic mass is 10.0. The van der Waals surface area contributed by atoms with Crippen LogP contribution in [0.25, 0.3) is 22.0 Å². The third kappa shape index (κ3) is 3.40. The maximum absolute atomic E-state index is 12.7. The van der Waals surface area contributed by atoms with Crippen LogP contribution in [0.5, 0.6) is 0 Å². The number of benzene rings is 1. The molecule has 1 fully saturated rings. The van der Waals surface area contributed by atoms with Gasteiger partial charge in [0.2, 0.25) is 0 Å². The lowest BCUT2D eigenvalue weighted by Gasteiger charge is -2.17. The van der Waals surface area contributed by atoms with E-state index < -0.39 is 0 Å². The van der Waals surface area contributed by atoms with Gasteiger partial charge in [0.15, 0.2) is 5.69 Å². The summed E-state index contributed by atoms with van der Waals surface area (Å²) in [4.78, 5) is 19.5. The molecule has 1 aliphatic rings. The molecule has 8 nitrogen and oxygen atoms in total. The van der Waals surface area contributed by atoms with Crippen LogP contribution in [0.15, 0.2) is 55.1 Å². The fourth-order valence-corrected chi connectivity index (χ4v) is 3.66. The van der Waals surface area contributed by atoms with E-state index in [0.29, 0.717) is 11.4 Å². The second-order valence-corrected chi connectivity index (χ2v) is 7.04. The molecule has 0 spiro atoms. The molecule has 1 saturated heterocycles. The predicted molar refractivity (Wildman–Crippen MR) is 111 cm³/mol. The van der Waals surface area contributed by atoms with Gasteiger partial charge < -0.3 is 10.2 Å². The Labute approximate surface area is 167 Å². The van der Waals surface area contributed by atoms with Gasteiger partial charge >= 0.3 is 0 Å². The lowest BCUT2D eigenvalue weighted by Crippen LogP contribution is -2.17. The van der Waals surface area contributed by atoms with Crippen LogP contribution < -0.4 is 10.2 Å². The summed E-state index contributed by atoms with van der Waals surface area (Å²) in [6, 6.07) is 9.76. The first-order valence-electron chi connectivity index (χ1n) is 9.54. The maximum atomic E-state index is 12.7. The topological polar surface area (TPSA) is 99.7 Å². The number of rotatable bonds is 4. The zero-order valence-electron chi connectivity index (χ0n) is 15.7. The molecule has 29 heavy (non-hydrogen) atoms. The van der Waals surface area contributed by atoms with E-state index in [1.54, 1.807) is 6.07 Å². The fraction of sp³-hybridized carbons (Fsp3) is 0.190. The number of H-pyrrole nitrogens is 1. The van der Waals surface area contributed by atoms with Crippen molar-refractivity contribution in [1.82, 2.24) is 25.4 Å². The minimum Gasteiger partial charge on any atom is -0.370 e. The van der Waals surface area contributed by atoms with E-state index in [1.807, 2.05) is 30.6 Å². The highest BCUT2D eigenvalue weighted by Gasteiger charge is 2.17. The number of carbonyl (C=O) groups excluding carboxylic acids is 1. The van der Waals surface area contributed by atoms with Crippen molar-refractivity contribution in [2.75, 3.05) is 23.3 Å². The average Bonchev–Trinajstić information content (AvgIpc) is 3.44. The lowest BCUT2D eigenvalue weighted by molar-refractivity contribution is 0.102. The first-order chi connectivity index (χ1) is 14.3. The van der Waals surface area contributed by atoms with E-state index in [4.69, 9.17) is 0 Å². The monoisotopic (exact) mass is 385 g/mol. The molecule has 5 rings (SSSR count). The van der Waals surface area contributed by atoms with E-state index in [-0.39, 0.29) is 5.91 Å². The summed E-state index contributed by atoms with van der Waals surface area (Å²) in [6.45, 7) is 2.14.